The van der Waals surface area contributed by atoms with Crippen LogP contribution in [-0.4, -0.2) is 10.9 Å². The Morgan fingerprint density at radius 3 is 2.63 bits per heavy atom. The number of nitrogens with zero attached hydrogens (tertiary/aromatic N) is 3. The lowest BCUT2D eigenvalue weighted by atomic mass is 10.2. The van der Waals surface area contributed by atoms with Crippen molar-refractivity contribution >= 4 is 46.4 Å². The van der Waals surface area contributed by atoms with Crippen LogP contribution in [0.4, 0.5) is 5.69 Å². The molecule has 0 aliphatic heterocycles. The lowest BCUT2D eigenvalue weighted by molar-refractivity contribution is 0.559. The van der Waals surface area contributed by atoms with Crippen LogP contribution in [0.5, 0.6) is 0 Å². The highest BCUT2D eigenvalue weighted by Gasteiger charge is 2.12. The summed E-state index contributed by atoms with van der Waals surface area (Å²) in [6.07, 6.45) is 3.24. The van der Waals surface area contributed by atoms with Crippen molar-refractivity contribution in [3.63, 3.8) is 0 Å². The van der Waals surface area contributed by atoms with Crippen molar-refractivity contribution in [2.24, 2.45) is 10.1 Å². The predicted molar refractivity (Wildman–Crippen MR) is 111 cm³/mol. The molecule has 0 bridgehead atoms. The van der Waals surface area contributed by atoms with Gasteiger partial charge in [0.2, 0.25) is 4.80 Å². The smallest absolute Gasteiger partial charge is 0.211 e. The van der Waals surface area contributed by atoms with Gasteiger partial charge in [0, 0.05) is 16.0 Å². The molecule has 7 heteroatoms. The van der Waals surface area contributed by atoms with Crippen molar-refractivity contribution < 1.29 is 4.42 Å². The van der Waals surface area contributed by atoms with Crippen LogP contribution >= 0.6 is 34.5 Å². The minimum absolute atomic E-state index is 0.588. The maximum Gasteiger partial charge on any atom is 0.211 e. The zero-order valence-electron chi connectivity index (χ0n) is 13.9. The van der Waals surface area contributed by atoms with Crippen LogP contribution in [0.1, 0.15) is 5.76 Å². The molecular weight excluding hydrogens is 401 g/mol. The summed E-state index contributed by atoms with van der Waals surface area (Å²) in [6, 6.07) is 18.7. The first-order chi connectivity index (χ1) is 13.2. The first-order valence-corrected chi connectivity index (χ1v) is 9.68. The van der Waals surface area contributed by atoms with Gasteiger partial charge in [0.25, 0.3) is 0 Å². The zero-order chi connectivity index (χ0) is 18.6. The maximum absolute atomic E-state index is 6.40. The van der Waals surface area contributed by atoms with Crippen molar-refractivity contribution in [2.45, 2.75) is 0 Å². The van der Waals surface area contributed by atoms with E-state index in [9.17, 15) is 0 Å². The maximum atomic E-state index is 6.40. The summed E-state index contributed by atoms with van der Waals surface area (Å²) < 4.78 is 7.08. The number of aromatic nitrogens is 1. The number of halogens is 2. The molecule has 0 aliphatic carbocycles. The van der Waals surface area contributed by atoms with E-state index >= 15 is 0 Å². The van der Waals surface area contributed by atoms with Gasteiger partial charge >= 0.3 is 0 Å². The molecule has 0 aliphatic rings. The van der Waals surface area contributed by atoms with E-state index in [2.05, 4.69) is 5.10 Å². The fourth-order valence-electron chi connectivity index (χ4n) is 2.46. The standard InChI is InChI=1S/C20H13Cl2N3OS/c21-14-8-9-18(22)17(11-14)19-13-27-20(24-15-5-2-1-3-6-15)25(19)23-12-16-7-4-10-26-16/h1-13H. The minimum Gasteiger partial charge on any atom is -0.463 e. The topological polar surface area (TPSA) is 42.8 Å². The molecule has 0 amide bonds. The third-order valence-electron chi connectivity index (χ3n) is 3.71. The monoisotopic (exact) mass is 413 g/mol. The van der Waals surface area contributed by atoms with Gasteiger partial charge in [0.15, 0.2) is 0 Å². The van der Waals surface area contributed by atoms with Crippen LogP contribution in [0.3, 0.4) is 0 Å². The van der Waals surface area contributed by atoms with E-state index in [0.717, 1.165) is 16.9 Å². The Bertz CT molecular complexity index is 1150. The van der Waals surface area contributed by atoms with Gasteiger partial charge in [-0.25, -0.2) is 9.67 Å². The zero-order valence-corrected chi connectivity index (χ0v) is 16.2. The van der Waals surface area contributed by atoms with Crippen LogP contribution in [0.15, 0.2) is 86.8 Å². The number of furan rings is 1. The Kier molecular flexibility index (Phi) is 5.25. The molecule has 4 nitrogen and oxygen atoms in total. The molecule has 0 atom stereocenters. The average molecular weight is 414 g/mol. The Morgan fingerprint density at radius 1 is 1.00 bits per heavy atom. The van der Waals surface area contributed by atoms with E-state index in [0.29, 0.717) is 20.6 Å². The molecule has 0 N–H and O–H groups in total. The summed E-state index contributed by atoms with van der Waals surface area (Å²) in [5.74, 6) is 0.641. The second kappa shape index (κ2) is 7.96. The Morgan fingerprint density at radius 2 is 1.85 bits per heavy atom. The summed E-state index contributed by atoms with van der Waals surface area (Å²) in [5.41, 5.74) is 2.42. The third kappa shape index (κ3) is 4.06. The van der Waals surface area contributed by atoms with Crippen LogP contribution in [0.2, 0.25) is 10.0 Å². The van der Waals surface area contributed by atoms with E-state index in [4.69, 9.17) is 32.6 Å². The van der Waals surface area contributed by atoms with Crippen LogP contribution in [-0.2, 0) is 0 Å². The fraction of sp³-hybridized carbons (Fsp3) is 0. The first-order valence-electron chi connectivity index (χ1n) is 8.04. The molecule has 134 valence electrons. The van der Waals surface area contributed by atoms with E-state index in [-0.39, 0.29) is 0 Å². The molecule has 2 aromatic carbocycles. The summed E-state index contributed by atoms with van der Waals surface area (Å²) in [6.45, 7) is 0. The quantitative estimate of drug-likeness (QED) is 0.365. The number of hydrogen-bond donors (Lipinski definition) is 0. The Hall–Kier alpha value is -2.60. The van der Waals surface area contributed by atoms with E-state index in [1.54, 1.807) is 29.3 Å². The number of hydrogen-bond acceptors (Lipinski definition) is 4. The highest BCUT2D eigenvalue weighted by atomic mass is 35.5. The molecule has 0 saturated carbocycles. The average Bonchev–Trinajstić information content (AvgIpc) is 3.33. The Labute approximate surface area is 169 Å². The van der Waals surface area contributed by atoms with E-state index in [1.807, 2.05) is 53.9 Å². The van der Waals surface area contributed by atoms with Gasteiger partial charge in [-0.15, -0.1) is 11.3 Å². The van der Waals surface area contributed by atoms with Gasteiger partial charge in [0.05, 0.1) is 28.9 Å². The number of thiazole rings is 1. The van der Waals surface area contributed by atoms with Crippen LogP contribution in [0.25, 0.3) is 11.3 Å². The molecule has 0 radical (unpaired) electrons. The van der Waals surface area contributed by atoms with E-state index < -0.39 is 0 Å². The predicted octanol–water partition coefficient (Wildman–Crippen LogP) is 6.23. The molecule has 27 heavy (non-hydrogen) atoms. The largest absolute Gasteiger partial charge is 0.463 e. The van der Waals surface area contributed by atoms with Crippen LogP contribution in [0, 0.1) is 0 Å². The molecule has 4 rings (SSSR count). The van der Waals surface area contributed by atoms with E-state index in [1.165, 1.54) is 11.3 Å². The lowest BCUT2D eigenvalue weighted by Crippen LogP contribution is -2.11. The first kappa shape index (κ1) is 17.8. The lowest BCUT2D eigenvalue weighted by Gasteiger charge is -2.06. The number of rotatable bonds is 4. The summed E-state index contributed by atoms with van der Waals surface area (Å²) >= 11 is 14.0. The molecule has 4 aromatic rings. The second-order valence-electron chi connectivity index (χ2n) is 5.55. The molecule has 2 aromatic heterocycles. The van der Waals surface area contributed by atoms with Crippen LogP contribution < -0.4 is 4.80 Å². The summed E-state index contributed by atoms with van der Waals surface area (Å²) in [5, 5.41) is 7.71. The van der Waals surface area contributed by atoms with Gasteiger partial charge < -0.3 is 4.42 Å². The number of para-hydroxylation sites is 1. The Balaban J connectivity index is 1.89. The highest BCUT2D eigenvalue weighted by molar-refractivity contribution is 7.07. The second-order valence-corrected chi connectivity index (χ2v) is 7.23. The minimum atomic E-state index is 0.588. The van der Waals surface area contributed by atoms with Gasteiger partial charge in [-0.3, -0.25) is 0 Å². The van der Waals surface area contributed by atoms with Crippen molar-refractivity contribution in [3.05, 3.63) is 92.9 Å². The van der Waals surface area contributed by atoms with Crippen molar-refractivity contribution in [1.82, 2.24) is 4.68 Å². The van der Waals surface area contributed by atoms with Gasteiger partial charge in [0.1, 0.15) is 5.76 Å². The van der Waals surface area contributed by atoms with Crippen molar-refractivity contribution in [1.29, 1.82) is 0 Å². The summed E-state index contributed by atoms with van der Waals surface area (Å²) in [4.78, 5) is 5.40. The summed E-state index contributed by atoms with van der Waals surface area (Å²) in [7, 11) is 0. The van der Waals surface area contributed by atoms with Gasteiger partial charge in [-0.2, -0.15) is 5.10 Å². The molecule has 0 saturated heterocycles. The SMILES string of the molecule is Clc1ccc(Cl)c(-c2csc(=Nc3ccccc3)n2N=Cc2ccco2)c1. The fourth-order valence-corrected chi connectivity index (χ4v) is 3.69. The molecule has 0 unspecified atom stereocenters. The van der Waals surface area contributed by atoms with Gasteiger partial charge in [-0.1, -0.05) is 41.4 Å². The molecule has 2 heterocycles. The highest BCUT2D eigenvalue weighted by Crippen LogP contribution is 2.31. The molecule has 0 fully saturated rings. The van der Waals surface area contributed by atoms with Crippen molar-refractivity contribution in [3.8, 4) is 11.3 Å². The molecule has 0 spiro atoms. The third-order valence-corrected chi connectivity index (χ3v) is 5.10. The number of benzene rings is 2. The normalized spacial score (nSPS) is 12.1. The van der Waals surface area contributed by atoms with Crippen molar-refractivity contribution in [2.75, 3.05) is 0 Å². The molecular formula is C20H13Cl2N3OS. The van der Waals surface area contributed by atoms with Gasteiger partial charge in [-0.05, 0) is 42.5 Å².